The number of hydrogen-bond acceptors (Lipinski definition) is 8. The van der Waals surface area contributed by atoms with Crippen molar-refractivity contribution < 1.29 is 58.8 Å². The van der Waals surface area contributed by atoms with Gasteiger partial charge in [0.15, 0.2) is 0 Å². The van der Waals surface area contributed by atoms with Gasteiger partial charge in [0.05, 0.1) is 21.7 Å². The van der Waals surface area contributed by atoms with Gasteiger partial charge in [-0.1, -0.05) is 167 Å². The molecule has 1 fully saturated rings. The van der Waals surface area contributed by atoms with Crippen molar-refractivity contribution in [3.63, 3.8) is 0 Å². The van der Waals surface area contributed by atoms with E-state index in [1.54, 1.807) is 0 Å². The Morgan fingerprint density at radius 3 is 0.782 bits per heavy atom. The maximum absolute atomic E-state index is 14.3. The second kappa shape index (κ2) is 40.4. The second-order valence-electron chi connectivity index (χ2n) is 23.2. The molecule has 1 aliphatic rings. The van der Waals surface area contributed by atoms with Crippen LogP contribution in [0.4, 0.5) is 0 Å². The largest absolute Gasteiger partial charge is 0.481 e. The maximum atomic E-state index is 14.3. The van der Waals surface area contributed by atoms with Gasteiger partial charge < -0.3 is 43.4 Å². The van der Waals surface area contributed by atoms with Gasteiger partial charge in [-0.3, -0.25) is 38.4 Å². The Hall–Kier alpha value is -4.76. The molecule has 0 bridgehead atoms. The van der Waals surface area contributed by atoms with E-state index in [0.29, 0.717) is 77.0 Å². The summed E-state index contributed by atoms with van der Waals surface area (Å²) in [4.78, 5) is 103. The Morgan fingerprint density at radius 2 is 0.564 bits per heavy atom. The monoisotopic (exact) mass is 1100 g/mol. The minimum Gasteiger partial charge on any atom is -0.481 e. The number of carboxylic acid groups (broad SMARTS) is 4. The predicted octanol–water partition coefficient (Wildman–Crippen LogP) is 13.0. The molecular formula is C62H108N4O12. The van der Waals surface area contributed by atoms with E-state index >= 15 is 0 Å². The van der Waals surface area contributed by atoms with Crippen molar-refractivity contribution in [3.8, 4) is 0 Å². The molecule has 0 aromatic heterocycles. The summed E-state index contributed by atoms with van der Waals surface area (Å²) in [6.07, 6.45) is 33.5. The van der Waals surface area contributed by atoms with E-state index in [1.807, 2.05) is 13.8 Å². The number of carbonyl (C=O) groups excluding carboxylic acids is 4. The Balaban J connectivity index is 3.42. The van der Waals surface area contributed by atoms with Crippen LogP contribution in [-0.4, -0.2) is 67.9 Å². The van der Waals surface area contributed by atoms with Crippen LogP contribution in [0.2, 0.25) is 0 Å². The number of amides is 4. The van der Waals surface area contributed by atoms with Crippen LogP contribution >= 0.6 is 0 Å². The number of aliphatic carboxylic acids is 4. The van der Waals surface area contributed by atoms with Gasteiger partial charge in [-0.05, 0) is 128 Å². The highest BCUT2D eigenvalue weighted by Gasteiger charge is 2.76. The zero-order valence-electron chi connectivity index (χ0n) is 48.5. The lowest BCUT2D eigenvalue weighted by molar-refractivity contribution is -0.224. The lowest BCUT2D eigenvalue weighted by Crippen LogP contribution is -2.68. The van der Waals surface area contributed by atoms with Gasteiger partial charge in [0.1, 0.15) is 0 Å². The molecule has 0 spiro atoms. The first-order valence-corrected chi connectivity index (χ1v) is 30.6. The summed E-state index contributed by atoms with van der Waals surface area (Å²) >= 11 is 0. The summed E-state index contributed by atoms with van der Waals surface area (Å²) in [6.45, 7) is 3.66. The normalized spacial score (nSPS) is 21.2. The van der Waals surface area contributed by atoms with E-state index in [1.165, 1.54) is 0 Å². The minimum atomic E-state index is -2.15. The SMILES string of the molecule is CCC(CCCCC1(C(=O)O)CC(CCCCCCCC/C=C\CCCCCCCC(N)=O)(C(=O)O)C(CCCCC(CC)C(N)=O)(C(=O)O)CC1(CCCCCCCC/C=C\CCCCCCCC(N)=O)C(=O)O)C(N)=O. The molecule has 0 aromatic carbocycles. The van der Waals surface area contributed by atoms with Crippen molar-refractivity contribution in [2.75, 3.05) is 0 Å². The number of nitrogens with two attached hydrogens (primary N) is 4. The topological polar surface area (TPSA) is 322 Å². The summed E-state index contributed by atoms with van der Waals surface area (Å²) in [5.74, 6) is -8.17. The third-order valence-electron chi connectivity index (χ3n) is 17.6. The minimum absolute atomic E-state index is 0.138. The molecule has 6 unspecified atom stereocenters. The third-order valence-corrected chi connectivity index (χ3v) is 17.6. The highest BCUT2D eigenvalue weighted by Crippen LogP contribution is 2.70. The smallest absolute Gasteiger partial charge is 0.310 e. The van der Waals surface area contributed by atoms with Gasteiger partial charge in [0.2, 0.25) is 23.6 Å². The van der Waals surface area contributed by atoms with Gasteiger partial charge in [0, 0.05) is 24.7 Å². The van der Waals surface area contributed by atoms with Crippen LogP contribution < -0.4 is 22.9 Å². The summed E-state index contributed by atoms with van der Waals surface area (Å²) in [6, 6.07) is 0. The van der Waals surface area contributed by atoms with Crippen LogP contribution in [0.5, 0.6) is 0 Å². The number of allylic oxidation sites excluding steroid dienone is 4. The fraction of sp³-hybridized carbons (Fsp3) is 0.806. The third kappa shape index (κ3) is 24.7. The number of carbonyl (C=O) groups is 8. The predicted molar refractivity (Wildman–Crippen MR) is 308 cm³/mol. The highest BCUT2D eigenvalue weighted by atomic mass is 16.4. The Morgan fingerprint density at radius 1 is 0.346 bits per heavy atom. The van der Waals surface area contributed by atoms with Crippen molar-refractivity contribution in [1.29, 1.82) is 0 Å². The molecular weight excluding hydrogens is 993 g/mol. The molecule has 1 rings (SSSR count). The first kappa shape index (κ1) is 71.3. The maximum Gasteiger partial charge on any atom is 0.310 e. The first-order valence-electron chi connectivity index (χ1n) is 30.6. The zero-order chi connectivity index (χ0) is 58.3. The molecule has 1 aliphatic carbocycles. The molecule has 0 saturated heterocycles. The summed E-state index contributed by atoms with van der Waals surface area (Å²) in [5.41, 5.74) is 13.2. The van der Waals surface area contributed by atoms with Crippen LogP contribution in [0.3, 0.4) is 0 Å². The molecule has 4 amide bonds. The molecule has 1 saturated carbocycles. The first-order chi connectivity index (χ1) is 37.3. The van der Waals surface area contributed by atoms with E-state index in [0.717, 1.165) is 141 Å². The molecule has 16 heteroatoms. The molecule has 6 atom stereocenters. The quantitative estimate of drug-likeness (QED) is 0.0208. The average Bonchev–Trinajstić information content (AvgIpc) is 3.44. The van der Waals surface area contributed by atoms with Gasteiger partial charge in [-0.25, -0.2) is 0 Å². The van der Waals surface area contributed by atoms with Gasteiger partial charge >= 0.3 is 23.9 Å². The molecule has 16 nitrogen and oxygen atoms in total. The van der Waals surface area contributed by atoms with Crippen LogP contribution in [0, 0.1) is 33.5 Å². The highest BCUT2D eigenvalue weighted by molar-refractivity contribution is 5.93. The molecule has 0 radical (unpaired) electrons. The van der Waals surface area contributed by atoms with E-state index in [4.69, 9.17) is 22.9 Å². The number of rotatable bonds is 52. The van der Waals surface area contributed by atoms with Crippen LogP contribution in [0.1, 0.15) is 284 Å². The van der Waals surface area contributed by atoms with Crippen molar-refractivity contribution in [1.82, 2.24) is 0 Å². The Kier molecular flexibility index (Phi) is 36.9. The fourth-order valence-electron chi connectivity index (χ4n) is 12.7. The van der Waals surface area contributed by atoms with E-state index in [2.05, 4.69) is 24.3 Å². The number of primary amides is 4. The van der Waals surface area contributed by atoms with Crippen molar-refractivity contribution >= 4 is 47.5 Å². The van der Waals surface area contributed by atoms with Crippen LogP contribution in [-0.2, 0) is 38.4 Å². The van der Waals surface area contributed by atoms with Crippen molar-refractivity contribution in [2.24, 2.45) is 56.4 Å². The summed E-state index contributed by atoms with van der Waals surface area (Å²) in [7, 11) is 0. The standard InChI is InChI=1S/C62H108N4O12/c1-3-49(53(65)69)39-33-37-45-61(57(75)76)47-60(56(73)74,44-36-30-26-22-18-14-10-6-8-12-16-20-24-28-32-42-52(64)68)62(58(77)78,46-38-34-40-50(4-2)54(66)70)48-59(61,55(71)72)43-35-29-25-21-17-13-9-5-7-11-15-19-23-27-31-41-51(63)67/h5-8,49-50H,3-4,9-48H2,1-2H3,(H2,63,67)(H2,64,68)(H2,65,69)(H2,66,70)(H,71,72)(H,73,74)(H,75,76)(H,77,78)/b7-5-,8-6-. The zero-order valence-corrected chi connectivity index (χ0v) is 48.5. The van der Waals surface area contributed by atoms with E-state index < -0.39 is 82.0 Å². The molecule has 0 heterocycles. The molecule has 78 heavy (non-hydrogen) atoms. The van der Waals surface area contributed by atoms with Crippen molar-refractivity contribution in [2.45, 2.75) is 284 Å². The van der Waals surface area contributed by atoms with E-state index in [-0.39, 0.29) is 50.3 Å². The van der Waals surface area contributed by atoms with Gasteiger partial charge in [0.25, 0.3) is 0 Å². The number of hydrogen-bond donors (Lipinski definition) is 8. The molecule has 0 aromatic rings. The average molecular weight is 1100 g/mol. The summed E-state index contributed by atoms with van der Waals surface area (Å²) in [5, 5.41) is 46.5. The van der Waals surface area contributed by atoms with Crippen LogP contribution in [0.25, 0.3) is 0 Å². The lowest BCUT2D eigenvalue weighted by Gasteiger charge is -2.61. The molecule has 448 valence electrons. The molecule has 0 aliphatic heterocycles. The van der Waals surface area contributed by atoms with E-state index in [9.17, 15) is 58.8 Å². The second-order valence-corrected chi connectivity index (χ2v) is 23.2. The number of unbranched alkanes of at least 4 members (excludes halogenated alkanes) is 24. The fourth-order valence-corrected chi connectivity index (χ4v) is 12.7. The Bertz CT molecular complexity index is 1730. The molecule has 12 N–H and O–H groups in total. The van der Waals surface area contributed by atoms with Gasteiger partial charge in [-0.15, -0.1) is 0 Å². The van der Waals surface area contributed by atoms with Gasteiger partial charge in [-0.2, -0.15) is 0 Å². The number of carboxylic acids is 4. The Labute approximate surface area is 468 Å². The van der Waals surface area contributed by atoms with Crippen molar-refractivity contribution in [3.05, 3.63) is 24.3 Å². The lowest BCUT2D eigenvalue weighted by atomic mass is 9.38. The van der Waals surface area contributed by atoms with Crippen LogP contribution in [0.15, 0.2) is 24.3 Å². The summed E-state index contributed by atoms with van der Waals surface area (Å²) < 4.78 is 0.